The molecule has 1 atom stereocenters. The number of likely N-dealkylation sites (tertiary alicyclic amines) is 1. The van der Waals surface area contributed by atoms with Crippen molar-refractivity contribution in [3.8, 4) is 0 Å². The fourth-order valence-corrected chi connectivity index (χ4v) is 4.34. The van der Waals surface area contributed by atoms with Gasteiger partial charge in [-0.3, -0.25) is 9.79 Å². The molecule has 0 aliphatic carbocycles. The van der Waals surface area contributed by atoms with Crippen LogP contribution in [0, 0.1) is 0 Å². The molecule has 1 unspecified atom stereocenters. The Kier molecular flexibility index (Phi) is 9.21. The number of fused-ring (bicyclic) bond motifs is 1. The molecule has 1 amide bonds. The summed E-state index contributed by atoms with van der Waals surface area (Å²) in [6.07, 6.45) is 6.03. The van der Waals surface area contributed by atoms with Crippen LogP contribution in [0.4, 0.5) is 5.69 Å². The first-order valence-electron chi connectivity index (χ1n) is 9.58. The lowest BCUT2D eigenvalue weighted by Crippen LogP contribution is -2.41. The van der Waals surface area contributed by atoms with Gasteiger partial charge in [-0.1, -0.05) is 18.2 Å². The summed E-state index contributed by atoms with van der Waals surface area (Å²) in [7, 11) is 1.86. The monoisotopic (exact) mass is 502 g/mol. The van der Waals surface area contributed by atoms with Gasteiger partial charge in [0.25, 0.3) is 0 Å². The summed E-state index contributed by atoms with van der Waals surface area (Å²) in [5.74, 6) is 2.88. The predicted octanol–water partition coefficient (Wildman–Crippen LogP) is 3.55. The van der Waals surface area contributed by atoms with E-state index in [1.54, 1.807) is 0 Å². The largest absolute Gasteiger partial charge is 0.356 e. The van der Waals surface area contributed by atoms with Crippen LogP contribution in [0.3, 0.4) is 0 Å². The third-order valence-corrected chi connectivity index (χ3v) is 5.96. The number of hydrogen-bond donors (Lipinski definition) is 1. The Labute approximate surface area is 184 Å². The Morgan fingerprint density at radius 2 is 2.19 bits per heavy atom. The first-order chi connectivity index (χ1) is 12.7. The average Bonchev–Trinajstić information content (AvgIpc) is 3.24. The minimum absolute atomic E-state index is 0. The lowest BCUT2D eigenvalue weighted by Gasteiger charge is -2.23. The van der Waals surface area contributed by atoms with E-state index in [2.05, 4.69) is 45.7 Å². The van der Waals surface area contributed by atoms with Crippen LogP contribution in [0.15, 0.2) is 29.3 Å². The zero-order chi connectivity index (χ0) is 18.4. The molecule has 7 heteroatoms. The topological polar surface area (TPSA) is 47.9 Å². The second-order valence-electron chi connectivity index (χ2n) is 6.96. The van der Waals surface area contributed by atoms with Gasteiger partial charge in [0, 0.05) is 51.3 Å². The van der Waals surface area contributed by atoms with Gasteiger partial charge in [-0.15, -0.1) is 24.0 Å². The number of hydrogen-bond acceptors (Lipinski definition) is 3. The number of amides is 1. The molecule has 150 valence electrons. The maximum Gasteiger partial charge on any atom is 0.222 e. The van der Waals surface area contributed by atoms with Gasteiger partial charge in [0.2, 0.25) is 5.91 Å². The van der Waals surface area contributed by atoms with E-state index in [-0.39, 0.29) is 24.0 Å². The van der Waals surface area contributed by atoms with Gasteiger partial charge in [-0.05, 0) is 42.9 Å². The molecule has 27 heavy (non-hydrogen) atoms. The van der Waals surface area contributed by atoms with Gasteiger partial charge in [0.05, 0.1) is 0 Å². The van der Waals surface area contributed by atoms with E-state index in [1.807, 2.05) is 23.7 Å². The number of benzene rings is 1. The summed E-state index contributed by atoms with van der Waals surface area (Å²) in [6.45, 7) is 3.67. The molecular formula is C20H31IN4OS. The highest BCUT2D eigenvalue weighted by molar-refractivity contribution is 14.0. The molecule has 2 heterocycles. The Hall–Kier alpha value is -0.960. The van der Waals surface area contributed by atoms with Crippen LogP contribution in [0.1, 0.15) is 37.2 Å². The number of anilines is 1. The number of para-hydroxylation sites is 1. The van der Waals surface area contributed by atoms with Crippen LogP contribution in [-0.2, 0) is 4.79 Å². The number of aliphatic imine (C=N–C) groups is 1. The number of thioether (sulfide) groups is 1. The maximum atomic E-state index is 11.9. The van der Waals surface area contributed by atoms with Crippen molar-refractivity contribution in [3.05, 3.63) is 29.8 Å². The van der Waals surface area contributed by atoms with E-state index in [0.29, 0.717) is 11.8 Å². The summed E-state index contributed by atoms with van der Waals surface area (Å²) in [5.41, 5.74) is 2.63. The van der Waals surface area contributed by atoms with Crippen LogP contribution >= 0.6 is 35.7 Å². The number of carbonyl (C=O) groups excluding carboxylic acids is 1. The van der Waals surface area contributed by atoms with Gasteiger partial charge in [0.15, 0.2) is 5.96 Å². The zero-order valence-corrected chi connectivity index (χ0v) is 19.5. The van der Waals surface area contributed by atoms with Crippen molar-refractivity contribution >= 4 is 53.3 Å². The molecule has 3 rings (SSSR count). The van der Waals surface area contributed by atoms with Gasteiger partial charge < -0.3 is 15.1 Å². The normalized spacial score (nSPS) is 19.3. The van der Waals surface area contributed by atoms with Gasteiger partial charge in [-0.25, -0.2) is 0 Å². The number of nitrogens with zero attached hydrogens (tertiary/aromatic N) is 3. The van der Waals surface area contributed by atoms with Crippen LogP contribution < -0.4 is 10.2 Å². The summed E-state index contributed by atoms with van der Waals surface area (Å²) in [6, 6.07) is 8.63. The van der Waals surface area contributed by atoms with Crippen LogP contribution in [-0.4, -0.2) is 62.0 Å². The molecular weight excluding hydrogens is 471 g/mol. The number of carbonyl (C=O) groups is 1. The molecule has 1 aromatic rings. The Morgan fingerprint density at radius 3 is 2.89 bits per heavy atom. The summed E-state index contributed by atoms with van der Waals surface area (Å²) >= 11 is 1.88. The first kappa shape index (κ1) is 22.3. The average molecular weight is 502 g/mol. The lowest BCUT2D eigenvalue weighted by molar-refractivity contribution is -0.127. The van der Waals surface area contributed by atoms with Gasteiger partial charge in [-0.2, -0.15) is 11.8 Å². The number of rotatable bonds is 7. The molecule has 0 bridgehead atoms. The van der Waals surface area contributed by atoms with Crippen molar-refractivity contribution < 1.29 is 4.79 Å². The van der Waals surface area contributed by atoms with Gasteiger partial charge >= 0.3 is 0 Å². The molecule has 1 N–H and O–H groups in total. The van der Waals surface area contributed by atoms with Crippen molar-refractivity contribution in [2.45, 2.75) is 31.6 Å². The SMILES string of the molecule is CN=C(NCCCSC)N1CC(CCN2CCCC2=O)c2ccccc21.I. The highest BCUT2D eigenvalue weighted by Gasteiger charge is 2.31. The van der Waals surface area contributed by atoms with E-state index in [1.165, 1.54) is 11.3 Å². The van der Waals surface area contributed by atoms with E-state index in [9.17, 15) is 4.79 Å². The molecule has 0 aromatic heterocycles. The Balaban J connectivity index is 0.00000261. The minimum Gasteiger partial charge on any atom is -0.356 e. The molecule has 0 saturated carbocycles. The standard InChI is InChI=1S/C20H30N4OS.HI/c1-21-20(22-11-6-14-26-2)24-15-16(17-7-3-4-8-18(17)24)10-13-23-12-5-9-19(23)25;/h3-4,7-8,16H,5-6,9-15H2,1-2H3,(H,21,22);1H. The van der Waals surface area contributed by atoms with Crippen LogP contribution in [0.5, 0.6) is 0 Å². The zero-order valence-electron chi connectivity index (χ0n) is 16.3. The quantitative estimate of drug-likeness (QED) is 0.268. The molecule has 2 aliphatic rings. The molecule has 1 saturated heterocycles. The van der Waals surface area contributed by atoms with Crippen molar-refractivity contribution in [2.24, 2.45) is 4.99 Å². The fourth-order valence-electron chi connectivity index (χ4n) is 3.91. The van der Waals surface area contributed by atoms with Crippen molar-refractivity contribution in [3.63, 3.8) is 0 Å². The summed E-state index contributed by atoms with van der Waals surface area (Å²) in [4.78, 5) is 20.7. The number of nitrogens with one attached hydrogen (secondary N) is 1. The third-order valence-electron chi connectivity index (χ3n) is 5.27. The summed E-state index contributed by atoms with van der Waals surface area (Å²) < 4.78 is 0. The van der Waals surface area contributed by atoms with Crippen LogP contribution in [0.2, 0.25) is 0 Å². The third kappa shape index (κ3) is 5.53. The van der Waals surface area contributed by atoms with Gasteiger partial charge in [0.1, 0.15) is 0 Å². The number of halogens is 1. The molecule has 5 nitrogen and oxygen atoms in total. The smallest absolute Gasteiger partial charge is 0.222 e. The lowest BCUT2D eigenvalue weighted by atomic mass is 9.98. The van der Waals surface area contributed by atoms with E-state index >= 15 is 0 Å². The molecule has 1 fully saturated rings. The molecule has 0 radical (unpaired) electrons. The Bertz CT molecular complexity index is 655. The molecule has 1 aromatic carbocycles. The van der Waals surface area contributed by atoms with Crippen LogP contribution in [0.25, 0.3) is 0 Å². The molecule has 2 aliphatic heterocycles. The van der Waals surface area contributed by atoms with E-state index < -0.39 is 0 Å². The van der Waals surface area contributed by atoms with E-state index in [4.69, 9.17) is 0 Å². The highest BCUT2D eigenvalue weighted by Crippen LogP contribution is 2.38. The minimum atomic E-state index is 0. The maximum absolute atomic E-state index is 11.9. The first-order valence-corrected chi connectivity index (χ1v) is 11.0. The number of guanidine groups is 1. The van der Waals surface area contributed by atoms with E-state index in [0.717, 1.165) is 63.6 Å². The fraction of sp³-hybridized carbons (Fsp3) is 0.600. The summed E-state index contributed by atoms with van der Waals surface area (Å²) in [5, 5.41) is 3.51. The van der Waals surface area contributed by atoms with Crippen molar-refractivity contribution in [1.82, 2.24) is 10.2 Å². The Morgan fingerprint density at radius 1 is 1.37 bits per heavy atom. The second kappa shape index (κ2) is 11.1. The van der Waals surface area contributed by atoms with Crippen molar-refractivity contribution in [1.29, 1.82) is 0 Å². The second-order valence-corrected chi connectivity index (χ2v) is 7.95. The predicted molar refractivity (Wildman–Crippen MR) is 127 cm³/mol. The van der Waals surface area contributed by atoms with Crippen molar-refractivity contribution in [2.75, 3.05) is 50.1 Å². The molecule has 0 spiro atoms. The highest BCUT2D eigenvalue weighted by atomic mass is 127.